The molecule has 0 saturated carbocycles. The molecule has 35 heavy (non-hydrogen) atoms. The highest BCUT2D eigenvalue weighted by Gasteiger charge is 2.25. The van der Waals surface area contributed by atoms with Crippen LogP contribution >= 0.6 is 11.3 Å². The van der Waals surface area contributed by atoms with E-state index in [9.17, 15) is 0 Å². The van der Waals surface area contributed by atoms with Gasteiger partial charge in [-0.2, -0.15) is 5.10 Å². The van der Waals surface area contributed by atoms with Crippen molar-refractivity contribution in [3.8, 4) is 33.3 Å². The summed E-state index contributed by atoms with van der Waals surface area (Å²) >= 11 is 1.76. The van der Waals surface area contributed by atoms with Gasteiger partial charge >= 0.3 is 0 Å². The number of hydrogen-bond acceptors (Lipinski definition) is 8. The van der Waals surface area contributed by atoms with Crippen LogP contribution < -0.4 is 10.6 Å². The standard InChI is InChI=1S/C25H21N9S/c1-13-5-8-20(35-13)15-3-2-4-17-22(15)31-25(30-17)24-23-18(32-33-24)7-6-16(29-23)19-9-27-10-21(28-19)34-11-14(26)12-34/h2-10,14H,11-12,26H2,1H3,(H,30,31)(H,32,33). The number of rotatable bonds is 4. The van der Waals surface area contributed by atoms with Gasteiger partial charge in [0.25, 0.3) is 0 Å². The van der Waals surface area contributed by atoms with Gasteiger partial charge in [-0.25, -0.2) is 15.0 Å². The maximum Gasteiger partial charge on any atom is 0.161 e. The second kappa shape index (κ2) is 7.69. The molecule has 172 valence electrons. The van der Waals surface area contributed by atoms with Crippen LogP contribution in [-0.4, -0.2) is 54.2 Å². The van der Waals surface area contributed by atoms with E-state index in [1.807, 2.05) is 24.3 Å². The van der Waals surface area contributed by atoms with Gasteiger partial charge in [-0.3, -0.25) is 10.1 Å². The van der Waals surface area contributed by atoms with Gasteiger partial charge in [-0.15, -0.1) is 11.3 Å². The van der Waals surface area contributed by atoms with E-state index < -0.39 is 0 Å². The second-order valence-corrected chi connectivity index (χ2v) is 10.1. The number of pyridine rings is 1. The molecule has 1 saturated heterocycles. The van der Waals surface area contributed by atoms with Crippen LogP contribution in [0.25, 0.3) is 55.4 Å². The lowest BCUT2D eigenvalue weighted by molar-refractivity contribution is 0.514. The van der Waals surface area contributed by atoms with Crippen molar-refractivity contribution in [3.63, 3.8) is 0 Å². The molecular weight excluding hydrogens is 458 g/mol. The number of hydrogen-bond donors (Lipinski definition) is 3. The fraction of sp³-hybridized carbons (Fsp3) is 0.160. The number of H-pyrrole nitrogens is 2. The number of nitrogens with one attached hydrogen (secondary N) is 2. The van der Waals surface area contributed by atoms with Crippen LogP contribution in [0, 0.1) is 6.92 Å². The summed E-state index contributed by atoms with van der Waals surface area (Å²) < 4.78 is 0. The van der Waals surface area contributed by atoms with Crippen molar-refractivity contribution in [3.05, 3.63) is 59.7 Å². The third-order valence-electron chi connectivity index (χ3n) is 6.27. The van der Waals surface area contributed by atoms with Crippen molar-refractivity contribution >= 4 is 39.2 Å². The zero-order valence-electron chi connectivity index (χ0n) is 18.9. The molecule has 0 amide bonds. The molecule has 0 atom stereocenters. The molecule has 1 aliphatic heterocycles. The number of aryl methyl sites for hydroxylation is 1. The first-order valence-corrected chi connectivity index (χ1v) is 12.2. The van der Waals surface area contributed by atoms with Crippen LogP contribution in [0.1, 0.15) is 4.88 Å². The summed E-state index contributed by atoms with van der Waals surface area (Å²) in [5.41, 5.74) is 12.6. The first-order valence-electron chi connectivity index (χ1n) is 11.4. The van der Waals surface area contributed by atoms with Crippen LogP contribution in [0.2, 0.25) is 0 Å². The summed E-state index contributed by atoms with van der Waals surface area (Å²) in [5.74, 6) is 1.48. The third kappa shape index (κ3) is 3.37. The van der Waals surface area contributed by atoms with Crippen LogP contribution in [-0.2, 0) is 0 Å². The largest absolute Gasteiger partial charge is 0.352 e. The summed E-state index contributed by atoms with van der Waals surface area (Å²) in [4.78, 5) is 27.0. The Morgan fingerprint density at radius 3 is 2.69 bits per heavy atom. The van der Waals surface area contributed by atoms with Gasteiger partial charge in [0.05, 0.1) is 34.6 Å². The van der Waals surface area contributed by atoms with Gasteiger partial charge < -0.3 is 15.6 Å². The fourth-order valence-corrected chi connectivity index (χ4v) is 5.35. The smallest absolute Gasteiger partial charge is 0.161 e. The number of nitrogens with zero attached hydrogens (tertiary/aromatic N) is 6. The van der Waals surface area contributed by atoms with Gasteiger partial charge in [0.1, 0.15) is 17.0 Å². The van der Waals surface area contributed by atoms with Crippen molar-refractivity contribution in [2.45, 2.75) is 13.0 Å². The Morgan fingerprint density at radius 1 is 0.943 bits per heavy atom. The normalized spacial score (nSPS) is 14.2. The zero-order chi connectivity index (χ0) is 23.5. The molecule has 0 radical (unpaired) electrons. The van der Waals surface area contributed by atoms with Crippen molar-refractivity contribution < 1.29 is 0 Å². The quantitative estimate of drug-likeness (QED) is 0.347. The van der Waals surface area contributed by atoms with Gasteiger partial charge in [0.15, 0.2) is 11.5 Å². The van der Waals surface area contributed by atoms with Crippen LogP contribution in [0.3, 0.4) is 0 Å². The fourth-order valence-electron chi connectivity index (χ4n) is 4.46. The lowest BCUT2D eigenvalue weighted by Crippen LogP contribution is -2.56. The molecule has 6 aromatic rings. The van der Waals surface area contributed by atoms with E-state index in [1.54, 1.807) is 23.7 Å². The summed E-state index contributed by atoms with van der Waals surface area (Å²) in [6, 6.07) is 14.5. The molecule has 0 unspecified atom stereocenters. The predicted molar refractivity (Wildman–Crippen MR) is 138 cm³/mol. The lowest BCUT2D eigenvalue weighted by Gasteiger charge is -2.37. The Morgan fingerprint density at radius 2 is 1.86 bits per heavy atom. The van der Waals surface area contributed by atoms with Crippen molar-refractivity contribution in [2.75, 3.05) is 18.0 Å². The van der Waals surface area contributed by atoms with Crippen molar-refractivity contribution in [1.82, 2.24) is 35.1 Å². The second-order valence-electron chi connectivity index (χ2n) is 8.79. The Bertz CT molecular complexity index is 1710. The van der Waals surface area contributed by atoms with Crippen LogP contribution in [0.5, 0.6) is 0 Å². The van der Waals surface area contributed by atoms with E-state index >= 15 is 0 Å². The van der Waals surface area contributed by atoms with E-state index in [4.69, 9.17) is 20.7 Å². The minimum atomic E-state index is 0.191. The Kier molecular flexibility index (Phi) is 4.45. The molecule has 1 aliphatic rings. The molecule has 6 heterocycles. The van der Waals surface area contributed by atoms with Crippen molar-refractivity contribution in [1.29, 1.82) is 0 Å². The first kappa shape index (κ1) is 20.2. The first-order chi connectivity index (χ1) is 17.1. The Balaban J connectivity index is 1.31. The summed E-state index contributed by atoms with van der Waals surface area (Å²) in [6.45, 7) is 3.69. The summed E-state index contributed by atoms with van der Waals surface area (Å²) in [5, 5.41) is 7.63. The number of nitrogens with two attached hydrogens (primary N) is 1. The maximum atomic E-state index is 5.93. The molecule has 9 nitrogen and oxygen atoms in total. The molecule has 1 aromatic carbocycles. The van der Waals surface area contributed by atoms with Crippen molar-refractivity contribution in [2.24, 2.45) is 5.73 Å². The van der Waals surface area contributed by atoms with Gasteiger partial charge in [0.2, 0.25) is 0 Å². The monoisotopic (exact) mass is 479 g/mol. The highest BCUT2D eigenvalue weighted by atomic mass is 32.1. The minimum Gasteiger partial charge on any atom is -0.352 e. The molecule has 0 spiro atoms. The number of imidazole rings is 1. The average molecular weight is 480 g/mol. The van der Waals surface area contributed by atoms with Gasteiger partial charge in [-0.1, -0.05) is 12.1 Å². The van der Waals surface area contributed by atoms with E-state index in [-0.39, 0.29) is 6.04 Å². The number of fused-ring (bicyclic) bond motifs is 2. The SMILES string of the molecule is Cc1ccc(-c2cccc3[nH]c(-c4n[nH]c5ccc(-c6cncc(N7CC(N)C7)n6)nc45)nc23)s1. The van der Waals surface area contributed by atoms with E-state index in [0.717, 1.165) is 52.2 Å². The Labute approximate surface area is 204 Å². The molecular formula is C25H21N9S. The number of aromatic nitrogens is 7. The molecule has 10 heteroatoms. The predicted octanol–water partition coefficient (Wildman–Crippen LogP) is 4.14. The lowest BCUT2D eigenvalue weighted by atomic mass is 10.1. The third-order valence-corrected chi connectivity index (χ3v) is 7.30. The summed E-state index contributed by atoms with van der Waals surface area (Å²) in [6.07, 6.45) is 3.49. The number of thiophene rings is 1. The number of benzene rings is 1. The summed E-state index contributed by atoms with van der Waals surface area (Å²) in [7, 11) is 0. The van der Waals surface area contributed by atoms with Crippen LogP contribution in [0.15, 0.2) is 54.9 Å². The molecule has 4 N–H and O–H groups in total. The number of aromatic amines is 2. The Hall–Kier alpha value is -4.15. The van der Waals surface area contributed by atoms with E-state index in [2.05, 4.69) is 50.2 Å². The molecule has 5 aromatic heterocycles. The van der Waals surface area contributed by atoms with Gasteiger partial charge in [0, 0.05) is 34.4 Å². The number of para-hydroxylation sites is 1. The maximum absolute atomic E-state index is 5.93. The molecule has 0 aliphatic carbocycles. The average Bonchev–Trinajstić information content (AvgIpc) is 3.59. The van der Waals surface area contributed by atoms with E-state index in [1.165, 1.54) is 9.75 Å². The highest BCUT2D eigenvalue weighted by molar-refractivity contribution is 7.15. The number of anilines is 1. The molecule has 7 rings (SSSR count). The highest BCUT2D eigenvalue weighted by Crippen LogP contribution is 2.34. The minimum absolute atomic E-state index is 0.191. The topological polar surface area (TPSA) is 125 Å². The van der Waals surface area contributed by atoms with E-state index in [0.29, 0.717) is 17.2 Å². The van der Waals surface area contributed by atoms with Crippen LogP contribution in [0.4, 0.5) is 5.82 Å². The molecule has 1 fully saturated rings. The molecule has 0 bridgehead atoms. The van der Waals surface area contributed by atoms with Gasteiger partial charge in [-0.05, 0) is 37.3 Å². The zero-order valence-corrected chi connectivity index (χ0v) is 19.7.